The normalized spacial score (nSPS) is 19.1. The number of aliphatic carboxylic acids is 1. The molecule has 1 saturated carbocycles. The van der Waals surface area contributed by atoms with Gasteiger partial charge in [0, 0.05) is 12.0 Å². The molecule has 1 aliphatic rings. The van der Waals surface area contributed by atoms with Crippen molar-refractivity contribution in [3.63, 3.8) is 0 Å². The van der Waals surface area contributed by atoms with E-state index < -0.39 is 17.0 Å². The van der Waals surface area contributed by atoms with E-state index in [0.717, 1.165) is 35.1 Å². The predicted octanol–water partition coefficient (Wildman–Crippen LogP) is 5.17. The van der Waals surface area contributed by atoms with E-state index in [0.29, 0.717) is 17.7 Å². The maximum Gasteiger partial charge on any atom is 0.307 e. The molecule has 0 heterocycles. The van der Waals surface area contributed by atoms with Gasteiger partial charge in [0.2, 0.25) is 5.91 Å². The Bertz CT molecular complexity index is 1240. The number of rotatable bonds is 9. The first-order chi connectivity index (χ1) is 17.8. The first-order valence-corrected chi connectivity index (χ1v) is 13.6. The van der Waals surface area contributed by atoms with E-state index in [-0.39, 0.29) is 36.1 Å². The lowest BCUT2D eigenvalue weighted by Crippen LogP contribution is -2.39. The van der Waals surface area contributed by atoms with Crippen LogP contribution in [0, 0.1) is 11.7 Å². The molecule has 2 atom stereocenters. The van der Waals surface area contributed by atoms with Crippen molar-refractivity contribution < 1.29 is 23.3 Å². The zero-order valence-electron chi connectivity index (χ0n) is 20.7. The monoisotopic (exact) mass is 522 g/mol. The van der Waals surface area contributed by atoms with Crippen molar-refractivity contribution in [2.75, 3.05) is 0 Å². The van der Waals surface area contributed by atoms with Crippen molar-refractivity contribution in [1.29, 1.82) is 0 Å². The highest BCUT2D eigenvalue weighted by molar-refractivity contribution is 7.83. The van der Waals surface area contributed by atoms with Gasteiger partial charge in [0.05, 0.1) is 17.4 Å². The van der Waals surface area contributed by atoms with E-state index in [1.807, 2.05) is 43.3 Å². The summed E-state index contributed by atoms with van der Waals surface area (Å²) < 4.78 is 29.2. The Balaban J connectivity index is 1.25. The molecule has 1 aliphatic carbocycles. The molecular formula is C29H31FN2O4S. The van der Waals surface area contributed by atoms with Gasteiger partial charge in [-0.2, -0.15) is 0 Å². The highest BCUT2D eigenvalue weighted by Gasteiger charge is 2.28. The summed E-state index contributed by atoms with van der Waals surface area (Å²) in [7, 11) is -1.36. The molecular weight excluding hydrogens is 491 g/mol. The summed E-state index contributed by atoms with van der Waals surface area (Å²) >= 11 is 0. The van der Waals surface area contributed by atoms with E-state index in [1.54, 1.807) is 24.3 Å². The largest absolute Gasteiger partial charge is 0.481 e. The lowest BCUT2D eigenvalue weighted by atomic mass is 9.85. The molecule has 1 amide bonds. The van der Waals surface area contributed by atoms with Crippen molar-refractivity contribution in [3.05, 3.63) is 89.7 Å². The summed E-state index contributed by atoms with van der Waals surface area (Å²) in [5.41, 5.74) is 3.53. The number of hydrogen-bond donors (Lipinski definition) is 3. The standard InChI is InChI=1S/C29H31FN2O4S/c1-19(21-6-12-25(30)13-7-21)31-29(35)24-8-14-26(15-9-24)32-37(36)27-16-10-23(11-17-27)22-4-2-20(3-5-22)18-28(33)34/h2-7,10-13,16-17,19,24,26,32H,8-9,14-15,18H2,1H3,(H,31,35)(H,33,34)/t19-,24?,26?,37?/m1/s1. The van der Waals surface area contributed by atoms with Crippen LogP contribution in [0.2, 0.25) is 0 Å². The molecule has 0 aliphatic heterocycles. The van der Waals surface area contributed by atoms with Gasteiger partial charge in [0.15, 0.2) is 0 Å². The van der Waals surface area contributed by atoms with Crippen molar-refractivity contribution in [1.82, 2.24) is 10.0 Å². The van der Waals surface area contributed by atoms with E-state index in [4.69, 9.17) is 5.11 Å². The average molecular weight is 523 g/mol. The minimum Gasteiger partial charge on any atom is -0.481 e. The lowest BCUT2D eigenvalue weighted by molar-refractivity contribution is -0.136. The second-order valence-corrected chi connectivity index (χ2v) is 10.8. The number of halogens is 1. The second kappa shape index (κ2) is 12.3. The van der Waals surface area contributed by atoms with Crippen LogP contribution in [0.1, 0.15) is 49.8 Å². The first kappa shape index (κ1) is 26.7. The number of amides is 1. The van der Waals surface area contributed by atoms with Gasteiger partial charge in [-0.15, -0.1) is 0 Å². The summed E-state index contributed by atoms with van der Waals surface area (Å²) in [6.45, 7) is 1.89. The zero-order chi connectivity index (χ0) is 26.4. The van der Waals surface area contributed by atoms with Crippen LogP contribution in [0.3, 0.4) is 0 Å². The summed E-state index contributed by atoms with van der Waals surface area (Å²) in [6, 6.07) is 20.9. The summed E-state index contributed by atoms with van der Waals surface area (Å²) in [5.74, 6) is -1.25. The van der Waals surface area contributed by atoms with E-state index >= 15 is 0 Å². The number of hydrogen-bond acceptors (Lipinski definition) is 3. The number of carbonyl (C=O) groups is 2. The number of carboxylic acid groups (broad SMARTS) is 1. The summed E-state index contributed by atoms with van der Waals surface area (Å²) in [5, 5.41) is 11.9. The number of carboxylic acids is 1. The van der Waals surface area contributed by atoms with Gasteiger partial charge in [0.1, 0.15) is 16.8 Å². The third kappa shape index (κ3) is 7.33. The molecule has 194 valence electrons. The van der Waals surface area contributed by atoms with Crippen LogP contribution in [-0.4, -0.2) is 27.2 Å². The van der Waals surface area contributed by atoms with E-state index in [1.165, 1.54) is 12.1 Å². The Morgan fingerprint density at radius 2 is 1.49 bits per heavy atom. The number of benzene rings is 3. The molecule has 3 N–H and O–H groups in total. The van der Waals surface area contributed by atoms with Crippen LogP contribution in [0.4, 0.5) is 4.39 Å². The Hall–Kier alpha value is -3.36. The minimum atomic E-state index is -1.36. The van der Waals surface area contributed by atoms with E-state index in [9.17, 15) is 18.2 Å². The molecule has 1 unspecified atom stereocenters. The Kier molecular flexibility index (Phi) is 8.84. The molecule has 0 aromatic heterocycles. The molecule has 37 heavy (non-hydrogen) atoms. The molecule has 0 saturated heterocycles. The minimum absolute atomic E-state index is 0.00276. The third-order valence-corrected chi connectivity index (χ3v) is 8.06. The fourth-order valence-corrected chi connectivity index (χ4v) is 5.68. The van der Waals surface area contributed by atoms with Crippen LogP contribution in [0.25, 0.3) is 11.1 Å². The Labute approximate surface area is 218 Å². The number of nitrogens with one attached hydrogen (secondary N) is 2. The van der Waals surface area contributed by atoms with Gasteiger partial charge in [0.25, 0.3) is 0 Å². The van der Waals surface area contributed by atoms with Crippen molar-refractivity contribution in [3.8, 4) is 11.1 Å². The van der Waals surface area contributed by atoms with Gasteiger partial charge in [-0.25, -0.2) is 13.3 Å². The smallest absolute Gasteiger partial charge is 0.307 e. The fourth-order valence-electron chi connectivity index (χ4n) is 4.62. The molecule has 3 aromatic carbocycles. The van der Waals surface area contributed by atoms with Gasteiger partial charge in [-0.1, -0.05) is 48.5 Å². The third-order valence-electron chi connectivity index (χ3n) is 6.81. The lowest BCUT2D eigenvalue weighted by Gasteiger charge is -2.29. The van der Waals surface area contributed by atoms with Crippen LogP contribution in [-0.2, 0) is 27.0 Å². The molecule has 0 bridgehead atoms. The molecule has 1 fully saturated rings. The fraction of sp³-hybridized carbons (Fsp3) is 0.310. The first-order valence-electron chi connectivity index (χ1n) is 12.4. The molecule has 3 aromatic rings. The molecule has 4 rings (SSSR count). The highest BCUT2D eigenvalue weighted by atomic mass is 32.2. The molecule has 6 nitrogen and oxygen atoms in total. The number of carbonyl (C=O) groups excluding carboxylic acids is 1. The quantitative estimate of drug-likeness (QED) is 0.361. The summed E-state index contributed by atoms with van der Waals surface area (Å²) in [6.07, 6.45) is 2.94. The van der Waals surface area contributed by atoms with Crippen LogP contribution in [0.5, 0.6) is 0 Å². The van der Waals surface area contributed by atoms with Gasteiger partial charge in [-0.3, -0.25) is 9.59 Å². The molecule has 0 radical (unpaired) electrons. The SMILES string of the molecule is C[C@@H](NC(=O)C1CCC(NS(=O)c2ccc(-c3ccc(CC(=O)O)cc3)cc2)CC1)c1ccc(F)cc1. The maximum absolute atomic E-state index is 13.1. The van der Waals surface area contributed by atoms with Crippen molar-refractivity contribution in [2.24, 2.45) is 5.92 Å². The molecule has 0 spiro atoms. The summed E-state index contributed by atoms with van der Waals surface area (Å²) in [4.78, 5) is 24.2. The Morgan fingerprint density at radius 3 is 2.05 bits per heavy atom. The van der Waals surface area contributed by atoms with Crippen molar-refractivity contribution >= 4 is 22.9 Å². The Morgan fingerprint density at radius 1 is 0.919 bits per heavy atom. The molecule has 8 heteroatoms. The van der Waals surface area contributed by atoms with Gasteiger partial charge in [-0.05, 0) is 79.1 Å². The van der Waals surface area contributed by atoms with Crippen LogP contribution in [0.15, 0.2) is 77.7 Å². The zero-order valence-corrected chi connectivity index (χ0v) is 21.5. The van der Waals surface area contributed by atoms with Crippen LogP contribution < -0.4 is 10.0 Å². The van der Waals surface area contributed by atoms with E-state index in [2.05, 4.69) is 10.0 Å². The average Bonchev–Trinajstić information content (AvgIpc) is 2.89. The predicted molar refractivity (Wildman–Crippen MR) is 141 cm³/mol. The van der Waals surface area contributed by atoms with Crippen molar-refractivity contribution in [2.45, 2.75) is 56.0 Å². The maximum atomic E-state index is 13.1. The topological polar surface area (TPSA) is 95.5 Å². The highest BCUT2D eigenvalue weighted by Crippen LogP contribution is 2.27. The second-order valence-electron chi connectivity index (χ2n) is 9.51. The van der Waals surface area contributed by atoms with Gasteiger partial charge < -0.3 is 10.4 Å². The van der Waals surface area contributed by atoms with Crippen LogP contribution >= 0.6 is 0 Å². The van der Waals surface area contributed by atoms with Gasteiger partial charge >= 0.3 is 5.97 Å².